The van der Waals surface area contributed by atoms with Gasteiger partial charge in [-0.2, -0.15) is 4.98 Å². The fourth-order valence-corrected chi connectivity index (χ4v) is 1.21. The van der Waals surface area contributed by atoms with E-state index in [0.717, 1.165) is 18.8 Å². The minimum atomic E-state index is 0.116. The molecule has 0 aliphatic carbocycles. The highest BCUT2D eigenvalue weighted by atomic mass is 16.6. The van der Waals surface area contributed by atoms with Crippen molar-refractivity contribution in [1.82, 2.24) is 10.3 Å². The monoisotopic (exact) mass is 240 g/mol. The first-order valence-corrected chi connectivity index (χ1v) is 6.30. The van der Waals surface area contributed by atoms with Crippen molar-refractivity contribution in [3.63, 3.8) is 0 Å². The van der Waals surface area contributed by atoms with Crippen LogP contribution in [-0.2, 0) is 6.54 Å². The molecule has 1 rings (SSSR count). The van der Waals surface area contributed by atoms with Crippen molar-refractivity contribution in [2.75, 3.05) is 6.54 Å². The van der Waals surface area contributed by atoms with Crippen molar-refractivity contribution < 1.29 is 9.15 Å². The van der Waals surface area contributed by atoms with Gasteiger partial charge in [-0.15, -0.1) is 0 Å². The molecule has 0 fully saturated rings. The van der Waals surface area contributed by atoms with Crippen molar-refractivity contribution in [2.24, 2.45) is 11.8 Å². The van der Waals surface area contributed by atoms with E-state index in [2.05, 4.69) is 38.0 Å². The molecule has 1 unspecified atom stereocenters. The van der Waals surface area contributed by atoms with E-state index in [0.29, 0.717) is 17.9 Å². The van der Waals surface area contributed by atoms with Crippen LogP contribution in [-0.4, -0.2) is 17.6 Å². The molecule has 0 aliphatic heterocycles. The molecule has 0 amide bonds. The molecule has 0 radical (unpaired) electrons. The summed E-state index contributed by atoms with van der Waals surface area (Å²) in [6, 6.07) is 0. The Morgan fingerprint density at radius 2 is 2.00 bits per heavy atom. The minimum absolute atomic E-state index is 0.116. The number of nitrogens with one attached hydrogen (secondary N) is 1. The summed E-state index contributed by atoms with van der Waals surface area (Å²) in [5.41, 5.74) is 0.886. The topological polar surface area (TPSA) is 47.3 Å². The number of oxazole rings is 1. The van der Waals surface area contributed by atoms with Crippen molar-refractivity contribution >= 4 is 0 Å². The summed E-state index contributed by atoms with van der Waals surface area (Å²) in [6.07, 6.45) is 2.13. The summed E-state index contributed by atoms with van der Waals surface area (Å²) in [5.74, 6) is 1.09. The van der Waals surface area contributed by atoms with Gasteiger partial charge in [-0.25, -0.2) is 0 Å². The van der Waals surface area contributed by atoms with E-state index in [1.165, 1.54) is 0 Å². The lowest BCUT2D eigenvalue weighted by atomic mass is 10.1. The number of hydrogen-bond acceptors (Lipinski definition) is 4. The first-order valence-electron chi connectivity index (χ1n) is 6.30. The van der Waals surface area contributed by atoms with Gasteiger partial charge in [-0.3, -0.25) is 0 Å². The summed E-state index contributed by atoms with van der Waals surface area (Å²) >= 11 is 0. The summed E-state index contributed by atoms with van der Waals surface area (Å²) in [6.45, 7) is 12.3. The second kappa shape index (κ2) is 6.64. The Morgan fingerprint density at radius 3 is 2.59 bits per heavy atom. The molecule has 0 aliphatic rings. The molecule has 1 atom stereocenters. The number of rotatable bonds is 7. The van der Waals surface area contributed by atoms with Crippen molar-refractivity contribution in [2.45, 2.75) is 47.3 Å². The second-order valence-corrected chi connectivity index (χ2v) is 5.20. The summed E-state index contributed by atoms with van der Waals surface area (Å²) in [7, 11) is 0. The quantitative estimate of drug-likeness (QED) is 0.796. The molecule has 1 aromatic rings. The van der Waals surface area contributed by atoms with E-state index < -0.39 is 0 Å². The largest absolute Gasteiger partial charge is 0.447 e. The zero-order valence-corrected chi connectivity index (χ0v) is 11.5. The van der Waals surface area contributed by atoms with E-state index >= 15 is 0 Å². The normalized spacial score (nSPS) is 13.4. The molecule has 1 aromatic heterocycles. The van der Waals surface area contributed by atoms with Gasteiger partial charge in [0.2, 0.25) is 0 Å². The van der Waals surface area contributed by atoms with Gasteiger partial charge in [-0.05, 0) is 25.3 Å². The van der Waals surface area contributed by atoms with Crippen molar-refractivity contribution in [3.8, 4) is 6.08 Å². The maximum Gasteiger partial charge on any atom is 0.394 e. The molecule has 1 heterocycles. The lowest BCUT2D eigenvalue weighted by Gasteiger charge is -2.14. The first kappa shape index (κ1) is 14.0. The molecular formula is C13H24N2O2. The molecule has 98 valence electrons. The highest BCUT2D eigenvalue weighted by molar-refractivity contribution is 4.99. The zero-order chi connectivity index (χ0) is 12.8. The number of nitrogens with zero attached hydrogens (tertiary/aromatic N) is 1. The molecule has 0 bridgehead atoms. The Kier molecular flexibility index (Phi) is 5.48. The van der Waals surface area contributed by atoms with E-state index in [1.54, 1.807) is 6.26 Å². The van der Waals surface area contributed by atoms with Crippen LogP contribution in [0.5, 0.6) is 6.08 Å². The van der Waals surface area contributed by atoms with Crippen LogP contribution >= 0.6 is 0 Å². The maximum atomic E-state index is 5.58. The zero-order valence-electron chi connectivity index (χ0n) is 11.5. The smallest absolute Gasteiger partial charge is 0.394 e. The molecule has 0 saturated carbocycles. The lowest BCUT2D eigenvalue weighted by Crippen LogP contribution is -2.20. The third-order valence-electron chi connectivity index (χ3n) is 2.61. The standard InChI is InChI=1S/C13H24N2O2/c1-9(2)6-14-7-12-8-16-13(15-12)17-11(5)10(3)4/h8-11,14H,6-7H2,1-5H3. The van der Waals surface area contributed by atoms with Gasteiger partial charge in [0.1, 0.15) is 12.4 Å². The minimum Gasteiger partial charge on any atom is -0.447 e. The van der Waals surface area contributed by atoms with Crippen LogP contribution in [0.25, 0.3) is 0 Å². The van der Waals surface area contributed by atoms with Crippen LogP contribution in [0.4, 0.5) is 0 Å². The van der Waals surface area contributed by atoms with Crippen molar-refractivity contribution in [3.05, 3.63) is 12.0 Å². The molecule has 1 N–H and O–H groups in total. The fourth-order valence-electron chi connectivity index (χ4n) is 1.21. The second-order valence-electron chi connectivity index (χ2n) is 5.20. The molecule has 17 heavy (non-hydrogen) atoms. The molecule has 4 nitrogen and oxygen atoms in total. The van der Waals surface area contributed by atoms with Crippen LogP contribution in [0.2, 0.25) is 0 Å². The number of ether oxygens (including phenoxy) is 1. The van der Waals surface area contributed by atoms with Gasteiger partial charge < -0.3 is 14.5 Å². The van der Waals surface area contributed by atoms with Gasteiger partial charge in [-0.1, -0.05) is 27.7 Å². The van der Waals surface area contributed by atoms with Gasteiger partial charge in [0.05, 0.1) is 5.69 Å². The first-order chi connectivity index (χ1) is 7.99. The predicted molar refractivity (Wildman–Crippen MR) is 68.0 cm³/mol. The van der Waals surface area contributed by atoms with E-state index in [4.69, 9.17) is 9.15 Å². The number of hydrogen-bond donors (Lipinski definition) is 1. The lowest BCUT2D eigenvalue weighted by molar-refractivity contribution is 0.123. The van der Waals surface area contributed by atoms with Gasteiger partial charge in [0, 0.05) is 6.54 Å². The van der Waals surface area contributed by atoms with E-state index in [-0.39, 0.29) is 6.10 Å². The fraction of sp³-hybridized carbons (Fsp3) is 0.769. The third kappa shape index (κ3) is 5.22. The average Bonchev–Trinajstić information content (AvgIpc) is 2.65. The third-order valence-corrected chi connectivity index (χ3v) is 2.61. The Bertz CT molecular complexity index is 321. The molecule has 0 aromatic carbocycles. The van der Waals surface area contributed by atoms with Crippen LogP contribution in [0.1, 0.15) is 40.3 Å². The molecule has 4 heteroatoms. The van der Waals surface area contributed by atoms with E-state index in [1.807, 2.05) is 6.92 Å². The SMILES string of the molecule is CC(C)CNCc1coc(OC(C)C(C)C)n1. The highest BCUT2D eigenvalue weighted by Gasteiger charge is 2.12. The summed E-state index contributed by atoms with van der Waals surface area (Å²) in [5, 5.41) is 3.31. The Balaban J connectivity index is 2.37. The molecular weight excluding hydrogens is 216 g/mol. The van der Waals surface area contributed by atoms with Crippen LogP contribution in [0.15, 0.2) is 10.7 Å². The van der Waals surface area contributed by atoms with Gasteiger partial charge in [0.15, 0.2) is 0 Å². The van der Waals surface area contributed by atoms with Crippen LogP contribution in [0, 0.1) is 11.8 Å². The predicted octanol–water partition coefficient (Wildman–Crippen LogP) is 2.84. The van der Waals surface area contributed by atoms with Gasteiger partial charge >= 0.3 is 6.08 Å². The Hall–Kier alpha value is -1.03. The molecule has 0 spiro atoms. The summed E-state index contributed by atoms with van der Waals surface area (Å²) in [4.78, 5) is 4.28. The molecule has 0 saturated heterocycles. The Labute approximate surface area is 104 Å². The van der Waals surface area contributed by atoms with Crippen LogP contribution in [0.3, 0.4) is 0 Å². The highest BCUT2D eigenvalue weighted by Crippen LogP contribution is 2.15. The summed E-state index contributed by atoms with van der Waals surface area (Å²) < 4.78 is 10.8. The number of aromatic nitrogens is 1. The maximum absolute atomic E-state index is 5.58. The average molecular weight is 240 g/mol. The van der Waals surface area contributed by atoms with E-state index in [9.17, 15) is 0 Å². The van der Waals surface area contributed by atoms with Gasteiger partial charge in [0.25, 0.3) is 0 Å². The van der Waals surface area contributed by atoms with Crippen molar-refractivity contribution in [1.29, 1.82) is 0 Å². The van der Waals surface area contributed by atoms with Crippen LogP contribution < -0.4 is 10.1 Å². The Morgan fingerprint density at radius 1 is 1.29 bits per heavy atom.